The molecule has 0 spiro atoms. The number of aryl methyl sites for hydroxylation is 1. The standard InChI is InChI=1S/C22H32N4O.HI/c1-3-23-22(25-15-7-10-19-8-5-4-6-9-19)26-18-20-11-13-21(14-12-20)24-16-17-27-2;/h4-6,8-9,11-14,24H,3,7,10,15-18H2,1-2H3,(H2,23,25,26);1H. The second kappa shape index (κ2) is 15.2. The van der Waals surface area contributed by atoms with Crippen LogP contribution in [0.15, 0.2) is 59.6 Å². The van der Waals surface area contributed by atoms with E-state index in [9.17, 15) is 0 Å². The van der Waals surface area contributed by atoms with E-state index in [1.165, 1.54) is 11.1 Å². The van der Waals surface area contributed by atoms with Crippen molar-refractivity contribution < 1.29 is 4.74 Å². The Morgan fingerprint density at radius 3 is 2.36 bits per heavy atom. The first-order valence-electron chi connectivity index (χ1n) is 9.69. The topological polar surface area (TPSA) is 57.7 Å². The number of hydrogen-bond acceptors (Lipinski definition) is 3. The summed E-state index contributed by atoms with van der Waals surface area (Å²) in [6, 6.07) is 19.0. The van der Waals surface area contributed by atoms with Gasteiger partial charge in [0.05, 0.1) is 13.2 Å². The molecule has 0 fully saturated rings. The molecular weight excluding hydrogens is 463 g/mol. The van der Waals surface area contributed by atoms with E-state index in [1.807, 2.05) is 0 Å². The lowest BCUT2D eigenvalue weighted by atomic mass is 10.1. The van der Waals surface area contributed by atoms with Crippen LogP contribution in [-0.4, -0.2) is 39.3 Å². The lowest BCUT2D eigenvalue weighted by Crippen LogP contribution is -2.37. The molecule has 0 amide bonds. The molecule has 0 atom stereocenters. The SMILES string of the molecule is CCNC(=NCc1ccc(NCCOC)cc1)NCCCc1ccccc1.I. The van der Waals surface area contributed by atoms with Crippen LogP contribution in [0.4, 0.5) is 5.69 Å². The molecule has 2 aromatic carbocycles. The van der Waals surface area contributed by atoms with E-state index >= 15 is 0 Å². The molecule has 0 saturated carbocycles. The van der Waals surface area contributed by atoms with Gasteiger partial charge in [-0.25, -0.2) is 4.99 Å². The van der Waals surface area contributed by atoms with Crippen molar-refractivity contribution in [1.82, 2.24) is 10.6 Å². The number of rotatable bonds is 11. The summed E-state index contributed by atoms with van der Waals surface area (Å²) in [5.41, 5.74) is 3.67. The number of aliphatic imine (C=N–C) groups is 1. The molecule has 2 rings (SSSR count). The molecule has 2 aromatic rings. The number of methoxy groups -OCH3 is 1. The van der Waals surface area contributed by atoms with E-state index in [0.717, 1.165) is 44.1 Å². The lowest BCUT2D eigenvalue weighted by molar-refractivity contribution is 0.211. The zero-order chi connectivity index (χ0) is 19.2. The molecule has 0 aliphatic rings. The van der Waals surface area contributed by atoms with Crippen molar-refractivity contribution >= 4 is 35.6 Å². The second-order valence-electron chi connectivity index (χ2n) is 6.33. The van der Waals surface area contributed by atoms with Crippen molar-refractivity contribution in [3.05, 3.63) is 65.7 Å². The van der Waals surface area contributed by atoms with Crippen LogP contribution >= 0.6 is 24.0 Å². The summed E-state index contributed by atoms with van der Waals surface area (Å²) >= 11 is 0. The van der Waals surface area contributed by atoms with Gasteiger partial charge >= 0.3 is 0 Å². The highest BCUT2D eigenvalue weighted by Gasteiger charge is 1.99. The first kappa shape index (κ1) is 24.2. The van der Waals surface area contributed by atoms with Crippen molar-refractivity contribution in [3.8, 4) is 0 Å². The summed E-state index contributed by atoms with van der Waals surface area (Å²) in [7, 11) is 1.71. The van der Waals surface area contributed by atoms with Crippen LogP contribution in [0.2, 0.25) is 0 Å². The first-order valence-corrected chi connectivity index (χ1v) is 9.69. The number of nitrogens with one attached hydrogen (secondary N) is 3. The number of anilines is 1. The monoisotopic (exact) mass is 496 g/mol. The highest BCUT2D eigenvalue weighted by molar-refractivity contribution is 14.0. The van der Waals surface area contributed by atoms with E-state index in [1.54, 1.807) is 7.11 Å². The molecule has 0 saturated heterocycles. The normalized spacial score (nSPS) is 10.9. The molecule has 0 bridgehead atoms. The van der Waals surface area contributed by atoms with Crippen LogP contribution in [-0.2, 0) is 17.7 Å². The van der Waals surface area contributed by atoms with Crippen molar-refractivity contribution in [3.63, 3.8) is 0 Å². The summed E-state index contributed by atoms with van der Waals surface area (Å²) in [4.78, 5) is 4.69. The second-order valence-corrected chi connectivity index (χ2v) is 6.33. The Bertz CT molecular complexity index is 662. The number of halogens is 1. The van der Waals surface area contributed by atoms with Crippen molar-refractivity contribution in [2.24, 2.45) is 4.99 Å². The van der Waals surface area contributed by atoms with E-state index in [-0.39, 0.29) is 24.0 Å². The van der Waals surface area contributed by atoms with Gasteiger partial charge in [-0.3, -0.25) is 0 Å². The van der Waals surface area contributed by atoms with Crippen molar-refractivity contribution in [2.45, 2.75) is 26.3 Å². The van der Waals surface area contributed by atoms with Crippen LogP contribution in [0.3, 0.4) is 0 Å². The molecule has 0 aliphatic heterocycles. The molecule has 0 aromatic heterocycles. The number of benzene rings is 2. The zero-order valence-corrected chi connectivity index (χ0v) is 19.2. The molecule has 28 heavy (non-hydrogen) atoms. The van der Waals surface area contributed by atoms with Gasteiger partial charge in [0.15, 0.2) is 5.96 Å². The van der Waals surface area contributed by atoms with Crippen molar-refractivity contribution in [1.29, 1.82) is 0 Å². The lowest BCUT2D eigenvalue weighted by Gasteiger charge is -2.11. The van der Waals surface area contributed by atoms with E-state index in [0.29, 0.717) is 13.2 Å². The fraction of sp³-hybridized carbons (Fsp3) is 0.409. The fourth-order valence-electron chi connectivity index (χ4n) is 2.68. The van der Waals surface area contributed by atoms with E-state index in [2.05, 4.69) is 82.5 Å². The number of ether oxygens (including phenoxy) is 1. The van der Waals surface area contributed by atoms with Gasteiger partial charge in [0.25, 0.3) is 0 Å². The molecule has 0 unspecified atom stereocenters. The molecule has 0 heterocycles. The minimum atomic E-state index is 0. The van der Waals surface area contributed by atoms with Crippen LogP contribution in [0, 0.1) is 0 Å². The van der Waals surface area contributed by atoms with Crippen molar-refractivity contribution in [2.75, 3.05) is 38.7 Å². The summed E-state index contributed by atoms with van der Waals surface area (Å²) < 4.78 is 5.05. The summed E-state index contributed by atoms with van der Waals surface area (Å²) in [6.07, 6.45) is 2.15. The Morgan fingerprint density at radius 2 is 1.68 bits per heavy atom. The van der Waals surface area contributed by atoms with Gasteiger partial charge in [-0.15, -0.1) is 24.0 Å². The smallest absolute Gasteiger partial charge is 0.191 e. The largest absolute Gasteiger partial charge is 0.383 e. The van der Waals surface area contributed by atoms with E-state index in [4.69, 9.17) is 4.74 Å². The third kappa shape index (κ3) is 9.94. The van der Waals surface area contributed by atoms with Gasteiger partial charge in [-0.05, 0) is 43.0 Å². The molecular formula is C22H33IN4O. The molecule has 5 nitrogen and oxygen atoms in total. The Balaban J connectivity index is 0.00000392. The predicted molar refractivity (Wildman–Crippen MR) is 130 cm³/mol. The molecule has 154 valence electrons. The van der Waals surface area contributed by atoms with Gasteiger partial charge in [0.2, 0.25) is 0 Å². The van der Waals surface area contributed by atoms with Crippen LogP contribution in [0.5, 0.6) is 0 Å². The molecule has 0 aliphatic carbocycles. The molecule has 0 radical (unpaired) electrons. The average Bonchev–Trinajstić information content (AvgIpc) is 2.71. The Hall–Kier alpha value is -1.80. The average molecular weight is 496 g/mol. The van der Waals surface area contributed by atoms with Gasteiger partial charge < -0.3 is 20.7 Å². The fourth-order valence-corrected chi connectivity index (χ4v) is 2.68. The first-order chi connectivity index (χ1) is 13.3. The number of guanidine groups is 1. The highest BCUT2D eigenvalue weighted by atomic mass is 127. The van der Waals surface area contributed by atoms with Gasteiger partial charge in [-0.2, -0.15) is 0 Å². The maximum atomic E-state index is 5.05. The van der Waals surface area contributed by atoms with Gasteiger partial charge in [0.1, 0.15) is 0 Å². The summed E-state index contributed by atoms with van der Waals surface area (Å²) in [6.45, 7) is 6.02. The number of nitrogens with zero attached hydrogens (tertiary/aromatic N) is 1. The van der Waals surface area contributed by atoms with Crippen LogP contribution in [0.1, 0.15) is 24.5 Å². The Kier molecular flexibility index (Phi) is 13.1. The van der Waals surface area contributed by atoms with Crippen LogP contribution in [0.25, 0.3) is 0 Å². The quantitative estimate of drug-likeness (QED) is 0.190. The minimum Gasteiger partial charge on any atom is -0.383 e. The molecule has 3 N–H and O–H groups in total. The summed E-state index contributed by atoms with van der Waals surface area (Å²) in [5.74, 6) is 0.868. The third-order valence-corrected chi connectivity index (χ3v) is 4.13. The van der Waals surface area contributed by atoms with Gasteiger partial charge in [0, 0.05) is 32.4 Å². The highest BCUT2D eigenvalue weighted by Crippen LogP contribution is 2.10. The molecule has 6 heteroatoms. The maximum absolute atomic E-state index is 5.05. The maximum Gasteiger partial charge on any atom is 0.191 e. The zero-order valence-electron chi connectivity index (χ0n) is 16.9. The van der Waals surface area contributed by atoms with Gasteiger partial charge in [-0.1, -0.05) is 42.5 Å². The number of hydrogen-bond donors (Lipinski definition) is 3. The summed E-state index contributed by atoms with van der Waals surface area (Å²) in [5, 5.41) is 10.0. The van der Waals surface area contributed by atoms with E-state index < -0.39 is 0 Å². The predicted octanol–water partition coefficient (Wildman–Crippen LogP) is 4.05. The Morgan fingerprint density at radius 1 is 0.929 bits per heavy atom. The minimum absolute atomic E-state index is 0. The van der Waals surface area contributed by atoms with Crippen LogP contribution < -0.4 is 16.0 Å². The third-order valence-electron chi connectivity index (χ3n) is 4.13. The Labute approximate surface area is 186 Å².